The van der Waals surface area contributed by atoms with Crippen molar-refractivity contribution in [1.82, 2.24) is 15.0 Å². The maximum absolute atomic E-state index is 13.4. The lowest BCUT2D eigenvalue weighted by molar-refractivity contribution is -0.151. The lowest BCUT2D eigenvalue weighted by Crippen LogP contribution is -2.55. The van der Waals surface area contributed by atoms with Gasteiger partial charge in [-0.15, -0.1) is 5.10 Å². The minimum atomic E-state index is -0.493. The highest BCUT2D eigenvalue weighted by Gasteiger charge is 2.61. The van der Waals surface area contributed by atoms with E-state index in [-0.39, 0.29) is 29.4 Å². The molecule has 1 aromatic rings. The van der Waals surface area contributed by atoms with E-state index in [0.29, 0.717) is 35.3 Å². The molecule has 182 valence electrons. The van der Waals surface area contributed by atoms with Crippen molar-refractivity contribution < 1.29 is 14.7 Å². The summed E-state index contributed by atoms with van der Waals surface area (Å²) < 4.78 is 0. The van der Waals surface area contributed by atoms with Gasteiger partial charge in [0.2, 0.25) is 0 Å². The molecule has 0 aliphatic heterocycles. The van der Waals surface area contributed by atoms with Crippen LogP contribution in [0, 0.1) is 40.4 Å². The Bertz CT molecular complexity index is 939. The van der Waals surface area contributed by atoms with Gasteiger partial charge >= 0.3 is 0 Å². The van der Waals surface area contributed by atoms with Crippen LogP contribution in [0.3, 0.4) is 0 Å². The summed E-state index contributed by atoms with van der Waals surface area (Å²) in [4.78, 5) is 26.7. The second kappa shape index (κ2) is 8.00. The van der Waals surface area contributed by atoms with E-state index in [1.54, 1.807) is 0 Å². The molecule has 0 amide bonds. The van der Waals surface area contributed by atoms with Crippen molar-refractivity contribution in [2.45, 2.75) is 104 Å². The van der Waals surface area contributed by atoms with Crippen LogP contribution in [0.15, 0.2) is 6.20 Å². The molecular formula is C27H41N3O3. The predicted molar refractivity (Wildman–Crippen MR) is 125 cm³/mol. The van der Waals surface area contributed by atoms with Gasteiger partial charge in [0.25, 0.3) is 0 Å². The molecule has 4 aliphatic carbocycles. The molecule has 0 aromatic carbocycles. The Morgan fingerprint density at radius 1 is 1.03 bits per heavy atom. The molecule has 0 spiro atoms. The minimum absolute atomic E-state index is 0.0340. The Labute approximate surface area is 197 Å². The average molecular weight is 456 g/mol. The Balaban J connectivity index is 1.31. The van der Waals surface area contributed by atoms with Crippen molar-refractivity contribution >= 4 is 11.6 Å². The first-order valence-corrected chi connectivity index (χ1v) is 13.3. The number of ketones is 2. The standard InChI is InChI=1S/C27H41N3O3/c1-5-23(31)22-15-28-30(29-22)16-24(32)21-9-8-19-18-7-6-17-14-25(2,33)12-13-26(17,3)20(18)10-11-27(19,21)4/h15,17-21,33H,5-14,16H2,1-4H3/t17-,18+,19+,20+,21-,25-,26+,27+/m1/s1. The number of hydrogen-bond acceptors (Lipinski definition) is 5. The molecule has 5 rings (SSSR count). The van der Waals surface area contributed by atoms with Gasteiger partial charge in [-0.1, -0.05) is 20.8 Å². The van der Waals surface area contributed by atoms with Crippen molar-refractivity contribution in [3.05, 3.63) is 11.9 Å². The van der Waals surface area contributed by atoms with Crippen LogP contribution in [0.5, 0.6) is 0 Å². The average Bonchev–Trinajstić information content (AvgIpc) is 3.37. The Hall–Kier alpha value is -1.56. The smallest absolute Gasteiger partial charge is 0.184 e. The van der Waals surface area contributed by atoms with Crippen LogP contribution in [0.25, 0.3) is 0 Å². The zero-order chi connectivity index (χ0) is 23.6. The summed E-state index contributed by atoms with van der Waals surface area (Å²) in [6.45, 7) is 8.91. The molecule has 6 nitrogen and oxygen atoms in total. The molecule has 0 bridgehead atoms. The van der Waals surface area contributed by atoms with Gasteiger partial charge in [0.1, 0.15) is 12.2 Å². The van der Waals surface area contributed by atoms with Crippen molar-refractivity contribution in [3.8, 4) is 0 Å². The fourth-order valence-corrected chi connectivity index (χ4v) is 8.89. The van der Waals surface area contributed by atoms with Crippen LogP contribution in [-0.2, 0) is 11.3 Å². The normalized spacial score (nSPS) is 44.6. The highest BCUT2D eigenvalue weighted by atomic mass is 16.3. The van der Waals surface area contributed by atoms with Gasteiger partial charge in [-0.2, -0.15) is 9.90 Å². The van der Waals surface area contributed by atoms with E-state index in [4.69, 9.17) is 0 Å². The van der Waals surface area contributed by atoms with Crippen LogP contribution in [0.1, 0.15) is 102 Å². The molecular weight excluding hydrogens is 414 g/mol. The Morgan fingerprint density at radius 2 is 1.79 bits per heavy atom. The Morgan fingerprint density at radius 3 is 2.55 bits per heavy atom. The number of rotatable bonds is 5. The van der Waals surface area contributed by atoms with Gasteiger partial charge in [0.15, 0.2) is 11.6 Å². The zero-order valence-corrected chi connectivity index (χ0v) is 20.8. The summed E-state index contributed by atoms with van der Waals surface area (Å²) in [5.74, 6) is 2.96. The number of nitrogens with zero attached hydrogens (tertiary/aromatic N) is 3. The van der Waals surface area contributed by atoms with E-state index >= 15 is 0 Å². The lowest BCUT2D eigenvalue weighted by atomic mass is 9.44. The van der Waals surface area contributed by atoms with Crippen molar-refractivity contribution in [2.75, 3.05) is 0 Å². The molecule has 0 saturated heterocycles. The number of fused-ring (bicyclic) bond motifs is 5. The summed E-state index contributed by atoms with van der Waals surface area (Å²) in [6, 6.07) is 0. The van der Waals surface area contributed by atoms with Crippen molar-refractivity contribution in [2.24, 2.45) is 40.4 Å². The number of Topliss-reactive ketones (excluding diaryl/α,β-unsaturated/α-hetero) is 2. The number of aromatic nitrogens is 3. The third-order valence-electron chi connectivity index (χ3n) is 10.8. The zero-order valence-electron chi connectivity index (χ0n) is 20.8. The molecule has 8 atom stereocenters. The van der Waals surface area contributed by atoms with E-state index in [0.717, 1.165) is 44.4 Å². The minimum Gasteiger partial charge on any atom is -0.390 e. The number of carbonyl (C=O) groups excluding carboxylic acids is 2. The van der Waals surface area contributed by atoms with E-state index in [9.17, 15) is 14.7 Å². The van der Waals surface area contributed by atoms with Crippen LogP contribution in [0.2, 0.25) is 0 Å². The molecule has 1 aromatic heterocycles. The first-order chi connectivity index (χ1) is 15.6. The van der Waals surface area contributed by atoms with Crippen LogP contribution in [-0.4, -0.2) is 37.3 Å². The molecule has 4 saturated carbocycles. The fourth-order valence-electron chi connectivity index (χ4n) is 8.89. The lowest BCUT2D eigenvalue weighted by Gasteiger charge is -2.61. The summed E-state index contributed by atoms with van der Waals surface area (Å²) in [5, 5.41) is 19.2. The van der Waals surface area contributed by atoms with E-state index in [2.05, 4.69) is 24.0 Å². The maximum atomic E-state index is 13.4. The molecule has 1 heterocycles. The molecule has 4 fully saturated rings. The second-order valence-corrected chi connectivity index (χ2v) is 12.5. The highest BCUT2D eigenvalue weighted by Crippen LogP contribution is 2.68. The second-order valence-electron chi connectivity index (χ2n) is 12.5. The van der Waals surface area contributed by atoms with Gasteiger partial charge in [0, 0.05) is 12.3 Å². The molecule has 1 N–H and O–H groups in total. The van der Waals surface area contributed by atoms with Crippen LogP contribution in [0.4, 0.5) is 0 Å². The van der Waals surface area contributed by atoms with Crippen molar-refractivity contribution in [1.29, 1.82) is 0 Å². The van der Waals surface area contributed by atoms with E-state index < -0.39 is 5.60 Å². The molecule has 4 aliphatic rings. The number of aliphatic hydroxyl groups is 1. The van der Waals surface area contributed by atoms with Gasteiger partial charge in [0.05, 0.1) is 11.8 Å². The first-order valence-electron chi connectivity index (χ1n) is 13.3. The summed E-state index contributed by atoms with van der Waals surface area (Å²) in [7, 11) is 0. The SMILES string of the molecule is CCC(=O)c1cnn(CC(=O)[C@H]2CC[C@H]3[C@@H]4CC[C@@H]5C[C@](C)(O)CC[C@]5(C)[C@H]4CC[C@]23C)n1. The fraction of sp³-hybridized carbons (Fsp3) is 0.852. The number of carbonyl (C=O) groups is 2. The quantitative estimate of drug-likeness (QED) is 0.642. The third-order valence-corrected chi connectivity index (χ3v) is 10.8. The molecule has 33 heavy (non-hydrogen) atoms. The monoisotopic (exact) mass is 455 g/mol. The Kier molecular flexibility index (Phi) is 5.62. The van der Waals surface area contributed by atoms with Gasteiger partial charge < -0.3 is 5.11 Å². The van der Waals surface area contributed by atoms with E-state index in [1.807, 2.05) is 13.8 Å². The molecule has 0 radical (unpaired) electrons. The van der Waals surface area contributed by atoms with Crippen molar-refractivity contribution in [3.63, 3.8) is 0 Å². The van der Waals surface area contributed by atoms with Crippen LogP contribution >= 0.6 is 0 Å². The largest absolute Gasteiger partial charge is 0.390 e. The summed E-state index contributed by atoms with van der Waals surface area (Å²) in [6.07, 6.45) is 11.8. The summed E-state index contributed by atoms with van der Waals surface area (Å²) in [5.41, 5.74) is 0.276. The van der Waals surface area contributed by atoms with Crippen LogP contribution < -0.4 is 0 Å². The molecule has 0 unspecified atom stereocenters. The third kappa shape index (κ3) is 3.71. The number of hydrogen-bond donors (Lipinski definition) is 1. The highest BCUT2D eigenvalue weighted by molar-refractivity contribution is 5.93. The topological polar surface area (TPSA) is 85.1 Å². The maximum Gasteiger partial charge on any atom is 0.184 e. The van der Waals surface area contributed by atoms with E-state index in [1.165, 1.54) is 30.3 Å². The summed E-state index contributed by atoms with van der Waals surface area (Å²) >= 11 is 0. The van der Waals surface area contributed by atoms with Gasteiger partial charge in [-0.25, -0.2) is 0 Å². The predicted octanol–water partition coefficient (Wildman–Crippen LogP) is 4.85. The van der Waals surface area contributed by atoms with Gasteiger partial charge in [-0.3, -0.25) is 9.59 Å². The van der Waals surface area contributed by atoms with Gasteiger partial charge in [-0.05, 0) is 99.2 Å². The first kappa shape index (κ1) is 23.2. The molecule has 6 heteroatoms.